The van der Waals surface area contributed by atoms with E-state index in [0.29, 0.717) is 18.0 Å². The third-order valence-electron chi connectivity index (χ3n) is 3.73. The van der Waals surface area contributed by atoms with E-state index >= 15 is 0 Å². The molecule has 0 fully saturated rings. The van der Waals surface area contributed by atoms with Crippen LogP contribution >= 0.6 is 0 Å². The Kier molecular flexibility index (Phi) is 5.48. The van der Waals surface area contributed by atoms with Crippen LogP contribution in [0, 0.1) is 0 Å². The van der Waals surface area contributed by atoms with Gasteiger partial charge < -0.3 is 14.8 Å². The summed E-state index contributed by atoms with van der Waals surface area (Å²) >= 11 is 0. The maximum Gasteiger partial charge on any atom is 0.258 e. The summed E-state index contributed by atoms with van der Waals surface area (Å²) in [5, 5.41) is 6.94. The summed E-state index contributed by atoms with van der Waals surface area (Å²) in [6, 6.07) is 11.0. The van der Waals surface area contributed by atoms with Gasteiger partial charge in [0.1, 0.15) is 11.5 Å². The third kappa shape index (κ3) is 4.60. The number of hydrogen-bond donors (Lipinski definition) is 1. The van der Waals surface area contributed by atoms with Gasteiger partial charge in [0, 0.05) is 37.6 Å². The van der Waals surface area contributed by atoms with E-state index in [4.69, 9.17) is 9.47 Å². The highest BCUT2D eigenvalue weighted by Crippen LogP contribution is 2.18. The number of aromatic nitrogens is 3. The molecular weight excluding hydrogens is 332 g/mol. The van der Waals surface area contributed by atoms with E-state index in [1.807, 2.05) is 37.5 Å². The molecule has 2 aromatic heterocycles. The number of carbonyl (C=O) groups is 1. The summed E-state index contributed by atoms with van der Waals surface area (Å²) in [7, 11) is 3.44. The van der Waals surface area contributed by atoms with Crippen molar-refractivity contribution in [1.82, 2.24) is 20.1 Å². The average Bonchev–Trinajstić information content (AvgIpc) is 3.11. The van der Waals surface area contributed by atoms with Gasteiger partial charge in [0.05, 0.1) is 19.0 Å². The fourth-order valence-corrected chi connectivity index (χ4v) is 2.34. The van der Waals surface area contributed by atoms with Crippen molar-refractivity contribution in [3.8, 4) is 22.8 Å². The van der Waals surface area contributed by atoms with Crippen LogP contribution in [0.1, 0.15) is 5.56 Å². The fourth-order valence-electron chi connectivity index (χ4n) is 2.34. The SMILES string of the molecule is COc1cccc(OCC(=O)NCc2ccc(-c3cnn(C)c3)nc2)c1. The Morgan fingerprint density at radius 1 is 1.19 bits per heavy atom. The fraction of sp³-hybridized carbons (Fsp3) is 0.211. The number of pyridine rings is 1. The second-order valence-corrected chi connectivity index (χ2v) is 5.70. The molecule has 1 N–H and O–H groups in total. The maximum absolute atomic E-state index is 11.9. The Hall–Kier alpha value is -3.35. The van der Waals surface area contributed by atoms with Gasteiger partial charge in [0.2, 0.25) is 0 Å². The Morgan fingerprint density at radius 3 is 2.73 bits per heavy atom. The van der Waals surface area contributed by atoms with Crippen LogP contribution in [-0.4, -0.2) is 34.4 Å². The number of rotatable bonds is 7. The number of nitrogens with zero attached hydrogens (tertiary/aromatic N) is 3. The first-order valence-electron chi connectivity index (χ1n) is 8.11. The summed E-state index contributed by atoms with van der Waals surface area (Å²) < 4.78 is 12.3. The van der Waals surface area contributed by atoms with Crippen LogP contribution in [0.3, 0.4) is 0 Å². The zero-order valence-corrected chi connectivity index (χ0v) is 14.7. The molecule has 7 nitrogen and oxygen atoms in total. The van der Waals surface area contributed by atoms with Crippen LogP contribution in [0.2, 0.25) is 0 Å². The number of amides is 1. The Morgan fingerprint density at radius 2 is 2.04 bits per heavy atom. The van der Waals surface area contributed by atoms with Crippen molar-refractivity contribution in [2.75, 3.05) is 13.7 Å². The van der Waals surface area contributed by atoms with Crippen molar-refractivity contribution in [2.45, 2.75) is 6.54 Å². The van der Waals surface area contributed by atoms with Crippen LogP contribution in [0.15, 0.2) is 55.0 Å². The molecule has 2 heterocycles. The first kappa shape index (κ1) is 17.5. The van der Waals surface area contributed by atoms with Gasteiger partial charge in [-0.25, -0.2) is 0 Å². The lowest BCUT2D eigenvalue weighted by Gasteiger charge is -2.08. The van der Waals surface area contributed by atoms with Gasteiger partial charge in [-0.15, -0.1) is 0 Å². The number of nitrogens with one attached hydrogen (secondary N) is 1. The molecular formula is C19H20N4O3. The van der Waals surface area contributed by atoms with Crippen LogP contribution in [-0.2, 0) is 18.4 Å². The molecule has 0 bridgehead atoms. The Labute approximate surface area is 151 Å². The third-order valence-corrected chi connectivity index (χ3v) is 3.73. The molecule has 0 atom stereocenters. The van der Waals surface area contributed by atoms with E-state index < -0.39 is 0 Å². The standard InChI is InChI=1S/C19H20N4O3/c1-23-12-15(11-22-23)18-7-6-14(9-20-18)10-21-19(24)13-26-17-5-3-4-16(8-17)25-2/h3-9,11-12H,10,13H2,1-2H3,(H,21,24). The molecule has 3 rings (SSSR count). The molecule has 0 saturated heterocycles. The van der Waals surface area contributed by atoms with Gasteiger partial charge in [0.15, 0.2) is 6.61 Å². The van der Waals surface area contributed by atoms with E-state index in [2.05, 4.69) is 15.4 Å². The molecule has 0 aliphatic heterocycles. The van der Waals surface area contributed by atoms with Crippen molar-refractivity contribution in [1.29, 1.82) is 0 Å². The quantitative estimate of drug-likeness (QED) is 0.705. The van der Waals surface area contributed by atoms with Crippen LogP contribution in [0.5, 0.6) is 11.5 Å². The highest BCUT2D eigenvalue weighted by Gasteiger charge is 2.05. The minimum Gasteiger partial charge on any atom is -0.497 e. The van der Waals surface area contributed by atoms with E-state index in [1.165, 1.54) is 0 Å². The Bertz CT molecular complexity index is 875. The zero-order valence-electron chi connectivity index (χ0n) is 14.7. The van der Waals surface area contributed by atoms with Crippen molar-refractivity contribution >= 4 is 5.91 Å². The van der Waals surface area contributed by atoms with Crippen molar-refractivity contribution in [2.24, 2.45) is 7.05 Å². The topological polar surface area (TPSA) is 78.3 Å². The van der Waals surface area contributed by atoms with E-state index in [-0.39, 0.29) is 12.5 Å². The van der Waals surface area contributed by atoms with Gasteiger partial charge in [0.25, 0.3) is 5.91 Å². The molecule has 26 heavy (non-hydrogen) atoms. The smallest absolute Gasteiger partial charge is 0.258 e. The summed E-state index contributed by atoms with van der Waals surface area (Å²) in [5.41, 5.74) is 2.71. The molecule has 7 heteroatoms. The number of ether oxygens (including phenoxy) is 2. The minimum absolute atomic E-state index is 0.0611. The lowest BCUT2D eigenvalue weighted by molar-refractivity contribution is -0.123. The molecule has 1 aromatic carbocycles. The minimum atomic E-state index is -0.204. The lowest BCUT2D eigenvalue weighted by Crippen LogP contribution is -2.28. The normalized spacial score (nSPS) is 10.4. The van der Waals surface area contributed by atoms with Gasteiger partial charge in [-0.1, -0.05) is 12.1 Å². The van der Waals surface area contributed by atoms with Gasteiger partial charge >= 0.3 is 0 Å². The van der Waals surface area contributed by atoms with Crippen molar-refractivity contribution in [3.63, 3.8) is 0 Å². The molecule has 1 amide bonds. The van der Waals surface area contributed by atoms with Gasteiger partial charge in [-0.3, -0.25) is 14.5 Å². The van der Waals surface area contributed by atoms with E-state index in [0.717, 1.165) is 16.8 Å². The zero-order chi connectivity index (χ0) is 18.4. The van der Waals surface area contributed by atoms with Crippen LogP contribution in [0.4, 0.5) is 0 Å². The van der Waals surface area contributed by atoms with Crippen LogP contribution in [0.25, 0.3) is 11.3 Å². The van der Waals surface area contributed by atoms with Crippen molar-refractivity contribution in [3.05, 3.63) is 60.6 Å². The summed E-state index contributed by atoms with van der Waals surface area (Å²) in [6.07, 6.45) is 5.41. The highest BCUT2D eigenvalue weighted by molar-refractivity contribution is 5.77. The largest absolute Gasteiger partial charge is 0.497 e. The summed E-state index contributed by atoms with van der Waals surface area (Å²) in [6.45, 7) is 0.328. The first-order chi connectivity index (χ1) is 12.6. The maximum atomic E-state index is 11.9. The number of carbonyl (C=O) groups excluding carboxylic acids is 1. The van der Waals surface area contributed by atoms with Gasteiger partial charge in [-0.2, -0.15) is 5.10 Å². The van der Waals surface area contributed by atoms with Crippen LogP contribution < -0.4 is 14.8 Å². The number of hydrogen-bond acceptors (Lipinski definition) is 5. The predicted molar refractivity (Wildman–Crippen MR) is 96.8 cm³/mol. The molecule has 0 spiro atoms. The molecule has 0 unspecified atom stereocenters. The Balaban J connectivity index is 1.48. The number of aryl methyl sites for hydroxylation is 1. The molecule has 0 saturated carbocycles. The highest BCUT2D eigenvalue weighted by atomic mass is 16.5. The molecule has 0 aliphatic carbocycles. The summed E-state index contributed by atoms with van der Waals surface area (Å²) in [4.78, 5) is 16.3. The predicted octanol–water partition coefficient (Wildman–Crippen LogP) is 2.19. The van der Waals surface area contributed by atoms with Crippen molar-refractivity contribution < 1.29 is 14.3 Å². The number of methoxy groups -OCH3 is 1. The van der Waals surface area contributed by atoms with Gasteiger partial charge in [-0.05, 0) is 23.8 Å². The van der Waals surface area contributed by atoms with E-state index in [1.54, 1.807) is 36.3 Å². The average molecular weight is 352 g/mol. The molecule has 134 valence electrons. The molecule has 0 radical (unpaired) electrons. The monoisotopic (exact) mass is 352 g/mol. The first-order valence-corrected chi connectivity index (χ1v) is 8.11. The number of benzene rings is 1. The lowest BCUT2D eigenvalue weighted by atomic mass is 10.2. The second-order valence-electron chi connectivity index (χ2n) is 5.70. The summed E-state index contributed by atoms with van der Waals surface area (Å²) in [5.74, 6) is 1.06. The second kappa shape index (κ2) is 8.15. The molecule has 3 aromatic rings. The molecule has 0 aliphatic rings. The van der Waals surface area contributed by atoms with E-state index in [9.17, 15) is 4.79 Å².